The minimum atomic E-state index is 0.0252. The fourth-order valence-electron chi connectivity index (χ4n) is 1.41. The largest absolute Gasteiger partial charge is 0.362 e. The summed E-state index contributed by atoms with van der Waals surface area (Å²) in [6.07, 6.45) is 0. The van der Waals surface area contributed by atoms with Gasteiger partial charge >= 0.3 is 0 Å². The second-order valence-electron chi connectivity index (χ2n) is 4.68. The molecule has 1 rings (SSSR count). The minimum Gasteiger partial charge on any atom is -0.362 e. The molecule has 1 aromatic carbocycles. The van der Waals surface area contributed by atoms with Gasteiger partial charge in [0, 0.05) is 43.4 Å². The van der Waals surface area contributed by atoms with E-state index in [1.165, 1.54) is 4.90 Å². The molecule has 0 saturated heterocycles. The molecule has 0 atom stereocenters. The highest BCUT2D eigenvalue weighted by Gasteiger charge is 2.10. The van der Waals surface area contributed by atoms with Crippen molar-refractivity contribution >= 4 is 46.6 Å². The summed E-state index contributed by atoms with van der Waals surface area (Å²) in [5.41, 5.74) is 0. The van der Waals surface area contributed by atoms with Crippen LogP contribution in [0.4, 0.5) is 0 Å². The molecular formula is C14H20ClN3OS2. The van der Waals surface area contributed by atoms with Crippen LogP contribution < -0.4 is 5.32 Å². The van der Waals surface area contributed by atoms with E-state index in [1.54, 1.807) is 35.7 Å². The standard InChI is InChI=1S/C14H20ClN3OS2/c1-17(2)13(19)10-18(3)14(20)16-8-9-21-12-6-4-11(15)5-7-12/h4-7H,8-10H2,1-3H3,(H,16,20). The van der Waals surface area contributed by atoms with Crippen LogP contribution >= 0.6 is 35.6 Å². The minimum absolute atomic E-state index is 0.0252. The summed E-state index contributed by atoms with van der Waals surface area (Å²) in [6.45, 7) is 1.02. The maximum absolute atomic E-state index is 11.6. The molecule has 7 heteroatoms. The van der Waals surface area contributed by atoms with Crippen molar-refractivity contribution < 1.29 is 4.79 Å². The second kappa shape index (κ2) is 9.12. The van der Waals surface area contributed by atoms with Crippen LogP contribution in [-0.2, 0) is 4.79 Å². The third kappa shape index (κ3) is 7.02. The third-order valence-corrected chi connectivity index (χ3v) is 4.40. The van der Waals surface area contributed by atoms with Gasteiger partial charge in [-0.15, -0.1) is 11.8 Å². The van der Waals surface area contributed by atoms with Crippen LogP contribution in [0.25, 0.3) is 0 Å². The number of carbonyl (C=O) groups excluding carboxylic acids is 1. The van der Waals surface area contributed by atoms with E-state index in [2.05, 4.69) is 5.32 Å². The molecule has 0 aliphatic rings. The van der Waals surface area contributed by atoms with Gasteiger partial charge in [-0.3, -0.25) is 4.79 Å². The summed E-state index contributed by atoms with van der Waals surface area (Å²) in [6, 6.07) is 7.74. The molecule has 1 N–H and O–H groups in total. The quantitative estimate of drug-likeness (QED) is 0.486. The van der Waals surface area contributed by atoms with Crippen molar-refractivity contribution in [3.63, 3.8) is 0 Å². The van der Waals surface area contributed by atoms with Gasteiger partial charge in [0.2, 0.25) is 5.91 Å². The average molecular weight is 346 g/mol. The lowest BCUT2D eigenvalue weighted by atomic mass is 10.4. The molecule has 21 heavy (non-hydrogen) atoms. The van der Waals surface area contributed by atoms with Gasteiger partial charge in [0.15, 0.2) is 5.11 Å². The van der Waals surface area contributed by atoms with E-state index in [0.29, 0.717) is 5.11 Å². The molecule has 116 valence electrons. The SMILES string of the molecule is CN(C)C(=O)CN(C)C(=S)NCCSc1ccc(Cl)cc1. The number of nitrogens with zero attached hydrogens (tertiary/aromatic N) is 2. The Morgan fingerprint density at radius 1 is 1.29 bits per heavy atom. The molecule has 0 bridgehead atoms. The fraction of sp³-hybridized carbons (Fsp3) is 0.429. The summed E-state index contributed by atoms with van der Waals surface area (Å²) < 4.78 is 0. The zero-order valence-corrected chi connectivity index (χ0v) is 14.8. The highest BCUT2D eigenvalue weighted by atomic mass is 35.5. The smallest absolute Gasteiger partial charge is 0.241 e. The van der Waals surface area contributed by atoms with Crippen molar-refractivity contribution in [2.24, 2.45) is 0 Å². The van der Waals surface area contributed by atoms with Crippen molar-refractivity contribution in [1.82, 2.24) is 15.1 Å². The molecule has 0 heterocycles. The molecule has 0 spiro atoms. The van der Waals surface area contributed by atoms with Crippen LogP contribution in [0.15, 0.2) is 29.2 Å². The number of hydrogen-bond donors (Lipinski definition) is 1. The molecule has 1 amide bonds. The van der Waals surface area contributed by atoms with E-state index in [4.69, 9.17) is 23.8 Å². The lowest BCUT2D eigenvalue weighted by Gasteiger charge is -2.22. The molecule has 0 aliphatic carbocycles. The van der Waals surface area contributed by atoms with Crippen LogP contribution in [0.3, 0.4) is 0 Å². The zero-order chi connectivity index (χ0) is 15.8. The van der Waals surface area contributed by atoms with Gasteiger partial charge in [-0.2, -0.15) is 0 Å². The lowest BCUT2D eigenvalue weighted by Crippen LogP contribution is -2.43. The van der Waals surface area contributed by atoms with Crippen molar-refractivity contribution in [3.8, 4) is 0 Å². The Bertz CT molecular complexity index is 480. The van der Waals surface area contributed by atoms with Crippen molar-refractivity contribution in [2.75, 3.05) is 40.0 Å². The van der Waals surface area contributed by atoms with E-state index >= 15 is 0 Å². The first kappa shape index (κ1) is 18.1. The summed E-state index contributed by atoms with van der Waals surface area (Å²) in [5, 5.41) is 4.47. The van der Waals surface area contributed by atoms with Crippen LogP contribution in [0, 0.1) is 0 Å². The van der Waals surface area contributed by atoms with E-state index in [1.807, 2.05) is 31.3 Å². The number of halogens is 1. The van der Waals surface area contributed by atoms with Crippen molar-refractivity contribution in [1.29, 1.82) is 0 Å². The molecule has 0 unspecified atom stereocenters. The Labute approximate surface area is 140 Å². The predicted molar refractivity (Wildman–Crippen MR) is 94.1 cm³/mol. The van der Waals surface area contributed by atoms with Gasteiger partial charge in [-0.05, 0) is 36.5 Å². The summed E-state index contributed by atoms with van der Waals surface area (Å²) in [5.74, 6) is 0.911. The first-order valence-electron chi connectivity index (χ1n) is 6.47. The number of benzene rings is 1. The number of thioether (sulfide) groups is 1. The number of thiocarbonyl (C=S) groups is 1. The molecule has 1 aromatic rings. The zero-order valence-electron chi connectivity index (χ0n) is 12.4. The Kier molecular flexibility index (Phi) is 7.85. The summed E-state index contributed by atoms with van der Waals surface area (Å²) in [7, 11) is 5.27. The summed E-state index contributed by atoms with van der Waals surface area (Å²) >= 11 is 12.8. The van der Waals surface area contributed by atoms with E-state index in [9.17, 15) is 4.79 Å². The highest BCUT2D eigenvalue weighted by Crippen LogP contribution is 2.19. The van der Waals surface area contributed by atoms with Gasteiger partial charge in [-0.25, -0.2) is 0 Å². The number of likely N-dealkylation sites (N-methyl/N-ethyl adjacent to an activating group) is 2. The molecule has 0 aromatic heterocycles. The normalized spacial score (nSPS) is 10.1. The van der Waals surface area contributed by atoms with Gasteiger partial charge in [0.1, 0.15) is 0 Å². The first-order valence-corrected chi connectivity index (χ1v) is 8.25. The summed E-state index contributed by atoms with van der Waals surface area (Å²) in [4.78, 5) is 16.0. The maximum atomic E-state index is 11.6. The van der Waals surface area contributed by atoms with E-state index in [0.717, 1.165) is 17.3 Å². The Morgan fingerprint density at radius 2 is 1.90 bits per heavy atom. The first-order chi connectivity index (χ1) is 9.90. The predicted octanol–water partition coefficient (Wildman–Crippen LogP) is 2.33. The van der Waals surface area contributed by atoms with E-state index < -0.39 is 0 Å². The highest BCUT2D eigenvalue weighted by molar-refractivity contribution is 7.99. The maximum Gasteiger partial charge on any atom is 0.241 e. The second-order valence-corrected chi connectivity index (χ2v) is 6.67. The Balaban J connectivity index is 2.24. The van der Waals surface area contributed by atoms with Gasteiger partial charge in [-0.1, -0.05) is 11.6 Å². The molecule has 0 radical (unpaired) electrons. The topological polar surface area (TPSA) is 35.6 Å². The van der Waals surface area contributed by atoms with Gasteiger partial charge in [0.05, 0.1) is 6.54 Å². The number of nitrogens with one attached hydrogen (secondary N) is 1. The number of rotatable bonds is 6. The molecular weight excluding hydrogens is 326 g/mol. The number of carbonyl (C=O) groups is 1. The molecule has 0 aliphatic heterocycles. The Hall–Kier alpha value is -0.980. The monoisotopic (exact) mass is 345 g/mol. The third-order valence-electron chi connectivity index (χ3n) is 2.68. The van der Waals surface area contributed by atoms with Crippen LogP contribution in [0.2, 0.25) is 5.02 Å². The average Bonchev–Trinajstić information content (AvgIpc) is 2.44. The lowest BCUT2D eigenvalue weighted by molar-refractivity contribution is -0.128. The molecule has 4 nitrogen and oxygen atoms in total. The molecule has 0 fully saturated rings. The molecule has 0 saturated carbocycles. The number of amides is 1. The van der Waals surface area contributed by atoms with E-state index in [-0.39, 0.29) is 12.5 Å². The van der Waals surface area contributed by atoms with Gasteiger partial charge in [0.25, 0.3) is 0 Å². The van der Waals surface area contributed by atoms with Crippen LogP contribution in [-0.4, -0.2) is 60.8 Å². The fourth-order valence-corrected chi connectivity index (χ4v) is 2.47. The van der Waals surface area contributed by atoms with Crippen molar-refractivity contribution in [2.45, 2.75) is 4.90 Å². The van der Waals surface area contributed by atoms with Crippen LogP contribution in [0.1, 0.15) is 0 Å². The van der Waals surface area contributed by atoms with Crippen molar-refractivity contribution in [3.05, 3.63) is 29.3 Å². The number of hydrogen-bond acceptors (Lipinski definition) is 3. The van der Waals surface area contributed by atoms with Gasteiger partial charge < -0.3 is 15.1 Å². The van der Waals surface area contributed by atoms with Crippen LogP contribution in [0.5, 0.6) is 0 Å². The Morgan fingerprint density at radius 3 is 2.48 bits per heavy atom.